The Balaban J connectivity index is 1.45. The lowest BCUT2D eigenvalue weighted by Gasteiger charge is -2.35. The number of phenols is 1. The van der Waals surface area contributed by atoms with E-state index in [0.29, 0.717) is 27.6 Å². The topological polar surface area (TPSA) is 82.7 Å². The smallest absolute Gasteiger partial charge is 0.316 e. The van der Waals surface area contributed by atoms with Crippen molar-refractivity contribution in [1.29, 1.82) is 0 Å². The van der Waals surface area contributed by atoms with E-state index in [9.17, 15) is 9.90 Å². The molecule has 1 fully saturated rings. The normalized spacial score (nSPS) is 14.4. The van der Waals surface area contributed by atoms with Crippen molar-refractivity contribution in [1.82, 2.24) is 15.0 Å². The molecule has 0 radical (unpaired) electrons. The van der Waals surface area contributed by atoms with Crippen molar-refractivity contribution in [2.24, 2.45) is 0 Å². The molecule has 0 aliphatic carbocycles. The largest absolute Gasteiger partial charge is 0.506 e. The summed E-state index contributed by atoms with van der Waals surface area (Å²) >= 11 is 6.54. The Morgan fingerprint density at radius 3 is 2.32 bits per heavy atom. The zero-order valence-electron chi connectivity index (χ0n) is 14.7. The summed E-state index contributed by atoms with van der Waals surface area (Å²) < 4.78 is 6.18. The van der Waals surface area contributed by atoms with Crippen molar-refractivity contribution in [2.75, 3.05) is 31.1 Å². The number of anilines is 1. The Morgan fingerprint density at radius 1 is 1.04 bits per heavy atom. The maximum absolute atomic E-state index is 12.7. The number of aromatic hydroxyl groups is 1. The minimum Gasteiger partial charge on any atom is -0.506 e. The fraction of sp³-hybridized carbons (Fsp3) is 0.211. The molecule has 1 aliphatic rings. The molecule has 1 saturated heterocycles. The number of benzene rings is 2. The third-order valence-electron chi connectivity index (χ3n) is 4.57. The maximum Gasteiger partial charge on any atom is 0.316 e. The van der Waals surface area contributed by atoms with Crippen molar-refractivity contribution in [3.05, 3.63) is 57.3 Å². The number of aromatic nitrogens is 2. The lowest BCUT2D eigenvalue weighted by molar-refractivity contribution is 0.0696. The van der Waals surface area contributed by atoms with Gasteiger partial charge in [0, 0.05) is 37.4 Å². The van der Waals surface area contributed by atoms with E-state index in [1.807, 2.05) is 18.2 Å². The average molecular weight is 508 g/mol. The zero-order chi connectivity index (χ0) is 19.7. The van der Waals surface area contributed by atoms with Crippen molar-refractivity contribution in [2.45, 2.75) is 0 Å². The van der Waals surface area contributed by atoms with Crippen LogP contribution < -0.4 is 4.90 Å². The molecule has 9 heteroatoms. The van der Waals surface area contributed by atoms with E-state index < -0.39 is 0 Å². The van der Waals surface area contributed by atoms with Crippen LogP contribution in [0.4, 0.5) is 5.69 Å². The van der Waals surface area contributed by atoms with Crippen LogP contribution in [0.3, 0.4) is 0 Å². The highest BCUT2D eigenvalue weighted by atomic mass is 79.9. The van der Waals surface area contributed by atoms with Crippen LogP contribution in [0, 0.1) is 0 Å². The Kier molecular flexibility index (Phi) is 5.36. The van der Waals surface area contributed by atoms with Crippen molar-refractivity contribution in [3.8, 4) is 17.1 Å². The predicted octanol–water partition coefficient (Wildman–Crippen LogP) is 3.93. The zero-order valence-corrected chi connectivity index (χ0v) is 17.9. The number of hydrogen-bond donors (Lipinski definition) is 1. The van der Waals surface area contributed by atoms with Gasteiger partial charge in [0.05, 0.1) is 8.95 Å². The van der Waals surface area contributed by atoms with E-state index in [0.717, 1.165) is 18.8 Å². The van der Waals surface area contributed by atoms with Crippen LogP contribution in [0.1, 0.15) is 10.7 Å². The summed E-state index contributed by atoms with van der Waals surface area (Å²) in [5.41, 5.74) is 1.77. The second kappa shape index (κ2) is 7.92. The van der Waals surface area contributed by atoms with Crippen LogP contribution in [0.2, 0.25) is 0 Å². The predicted molar refractivity (Wildman–Crippen MR) is 111 cm³/mol. The van der Waals surface area contributed by atoms with Gasteiger partial charge in [0.15, 0.2) is 0 Å². The average Bonchev–Trinajstić information content (AvgIpc) is 3.22. The molecular weight excluding hydrogens is 492 g/mol. The molecular formula is C19H16Br2N4O3. The molecule has 0 saturated carbocycles. The third-order valence-corrected chi connectivity index (χ3v) is 5.78. The number of amides is 1. The summed E-state index contributed by atoms with van der Waals surface area (Å²) in [5, 5.41) is 13.7. The molecule has 0 spiro atoms. The number of phenolic OH excluding ortho intramolecular Hbond substituents is 1. The number of para-hydroxylation sites is 1. The molecule has 144 valence electrons. The molecule has 1 N–H and O–H groups in total. The number of carbonyl (C=O) groups is 1. The van der Waals surface area contributed by atoms with Gasteiger partial charge in [-0.25, -0.2) is 0 Å². The number of piperazine rings is 1. The number of hydrogen-bond acceptors (Lipinski definition) is 6. The summed E-state index contributed by atoms with van der Waals surface area (Å²) in [4.78, 5) is 20.9. The van der Waals surface area contributed by atoms with Crippen LogP contribution in [0.5, 0.6) is 5.75 Å². The highest BCUT2D eigenvalue weighted by molar-refractivity contribution is 9.11. The van der Waals surface area contributed by atoms with Gasteiger partial charge in [0.25, 0.3) is 0 Å². The molecule has 28 heavy (non-hydrogen) atoms. The first kappa shape index (κ1) is 18.9. The lowest BCUT2D eigenvalue weighted by Crippen LogP contribution is -2.48. The number of halogens is 2. The second-order valence-electron chi connectivity index (χ2n) is 6.33. The van der Waals surface area contributed by atoms with Gasteiger partial charge in [-0.3, -0.25) is 4.79 Å². The summed E-state index contributed by atoms with van der Waals surface area (Å²) in [5.74, 6) is 0.0550. The Labute approximate surface area is 178 Å². The van der Waals surface area contributed by atoms with E-state index in [-0.39, 0.29) is 23.4 Å². The molecule has 0 atom stereocenters. The van der Waals surface area contributed by atoms with Crippen LogP contribution in [0.15, 0.2) is 55.9 Å². The Hall–Kier alpha value is -2.39. The van der Waals surface area contributed by atoms with Gasteiger partial charge in [-0.15, -0.1) is 0 Å². The quantitative estimate of drug-likeness (QED) is 0.578. The van der Waals surface area contributed by atoms with Gasteiger partial charge in [-0.2, -0.15) is 4.98 Å². The minimum absolute atomic E-state index is 0.0384. The Morgan fingerprint density at radius 2 is 1.68 bits per heavy atom. The monoisotopic (exact) mass is 506 g/mol. The first-order valence-corrected chi connectivity index (χ1v) is 10.2. The lowest BCUT2D eigenvalue weighted by atomic mass is 10.2. The SMILES string of the molecule is O=C(c1nc(-c2cc(Br)c(O)c(Br)c2)no1)N1CCN(c2ccccc2)CC1. The number of rotatable bonds is 3. The molecule has 3 aromatic rings. The van der Waals surface area contributed by atoms with Crippen molar-refractivity contribution >= 4 is 43.5 Å². The highest BCUT2D eigenvalue weighted by Gasteiger charge is 2.26. The number of nitrogens with zero attached hydrogens (tertiary/aromatic N) is 4. The minimum atomic E-state index is -0.275. The molecule has 1 amide bonds. The summed E-state index contributed by atoms with van der Waals surface area (Å²) in [6, 6.07) is 13.5. The van der Waals surface area contributed by atoms with E-state index in [1.165, 1.54) is 0 Å². The Bertz CT molecular complexity index is 978. The fourth-order valence-corrected chi connectivity index (χ4v) is 4.25. The molecule has 0 unspecified atom stereocenters. The van der Waals surface area contributed by atoms with Crippen LogP contribution in [-0.2, 0) is 0 Å². The summed E-state index contributed by atoms with van der Waals surface area (Å²) in [6.07, 6.45) is 0. The van der Waals surface area contributed by atoms with E-state index >= 15 is 0 Å². The van der Waals surface area contributed by atoms with Crippen molar-refractivity contribution in [3.63, 3.8) is 0 Å². The van der Waals surface area contributed by atoms with Gasteiger partial charge in [0.2, 0.25) is 5.82 Å². The van der Waals surface area contributed by atoms with E-state index in [2.05, 4.69) is 59.0 Å². The molecule has 0 bridgehead atoms. The molecule has 2 aromatic carbocycles. The third kappa shape index (κ3) is 3.77. The van der Waals surface area contributed by atoms with E-state index in [4.69, 9.17) is 4.52 Å². The van der Waals surface area contributed by atoms with Gasteiger partial charge < -0.3 is 19.4 Å². The second-order valence-corrected chi connectivity index (χ2v) is 8.04. The maximum atomic E-state index is 12.7. The van der Waals surface area contributed by atoms with Crippen LogP contribution in [-0.4, -0.2) is 52.2 Å². The first-order chi connectivity index (χ1) is 13.5. The molecule has 1 aliphatic heterocycles. The van der Waals surface area contributed by atoms with Gasteiger partial charge >= 0.3 is 11.8 Å². The van der Waals surface area contributed by atoms with E-state index in [1.54, 1.807) is 17.0 Å². The van der Waals surface area contributed by atoms with Gasteiger partial charge in [0.1, 0.15) is 5.75 Å². The molecule has 1 aromatic heterocycles. The molecule has 7 nitrogen and oxygen atoms in total. The van der Waals surface area contributed by atoms with Gasteiger partial charge in [-0.1, -0.05) is 23.4 Å². The molecule has 4 rings (SSSR count). The van der Waals surface area contributed by atoms with Crippen molar-refractivity contribution < 1.29 is 14.4 Å². The number of carbonyl (C=O) groups excluding carboxylic acids is 1. The highest BCUT2D eigenvalue weighted by Crippen LogP contribution is 2.36. The summed E-state index contributed by atoms with van der Waals surface area (Å²) in [6.45, 7) is 2.66. The van der Waals surface area contributed by atoms with Crippen LogP contribution in [0.25, 0.3) is 11.4 Å². The standard InChI is InChI=1S/C19H16Br2N4O3/c20-14-10-12(11-15(21)16(14)26)17-22-18(28-23-17)19(27)25-8-6-24(7-9-25)13-4-2-1-3-5-13/h1-5,10-11,26H,6-9H2. The fourth-order valence-electron chi connectivity index (χ4n) is 3.06. The molecule has 2 heterocycles. The first-order valence-electron chi connectivity index (χ1n) is 8.64. The summed E-state index contributed by atoms with van der Waals surface area (Å²) in [7, 11) is 0. The van der Waals surface area contributed by atoms with Gasteiger partial charge in [-0.05, 0) is 56.1 Å². The van der Waals surface area contributed by atoms with Crippen LogP contribution >= 0.6 is 31.9 Å².